The number of halogens is 2. The second kappa shape index (κ2) is 12.2. The van der Waals surface area contributed by atoms with E-state index in [1.54, 1.807) is 0 Å². The van der Waals surface area contributed by atoms with Crippen molar-refractivity contribution in [3.05, 3.63) is 30.1 Å². The number of carbonyl (C=O) groups is 1. The first-order valence-corrected chi connectivity index (χ1v) is 9.73. The highest BCUT2D eigenvalue weighted by atomic mass is 127. The summed E-state index contributed by atoms with van der Waals surface area (Å²) in [7, 11) is 0. The van der Waals surface area contributed by atoms with Gasteiger partial charge in [-0.2, -0.15) is 0 Å². The molecule has 8 heteroatoms. The Bertz CT molecular complexity index is 630. The van der Waals surface area contributed by atoms with Crippen molar-refractivity contribution < 1.29 is 9.18 Å². The van der Waals surface area contributed by atoms with Crippen LogP contribution in [-0.4, -0.2) is 55.0 Å². The molecule has 1 aliphatic heterocycles. The SMILES string of the molecule is CCNC(=NCC(=O)Nc1ccc(F)cc1)NCC(C)(C)N1CCCCC1.I. The van der Waals surface area contributed by atoms with Crippen LogP contribution in [0, 0.1) is 5.82 Å². The number of carbonyl (C=O) groups excluding carboxylic acids is 1. The monoisotopic (exact) mass is 505 g/mol. The molecule has 1 aliphatic rings. The molecule has 3 N–H and O–H groups in total. The van der Waals surface area contributed by atoms with E-state index in [1.807, 2.05) is 6.92 Å². The molecule has 0 spiro atoms. The molecule has 1 heterocycles. The quantitative estimate of drug-likeness (QED) is 0.303. The zero-order chi connectivity index (χ0) is 19.7. The van der Waals surface area contributed by atoms with Crippen LogP contribution >= 0.6 is 24.0 Å². The van der Waals surface area contributed by atoms with E-state index in [4.69, 9.17) is 0 Å². The Labute approximate surface area is 184 Å². The Balaban J connectivity index is 0.00000392. The summed E-state index contributed by atoms with van der Waals surface area (Å²) in [6.07, 6.45) is 3.82. The molecule has 0 aliphatic carbocycles. The summed E-state index contributed by atoms with van der Waals surface area (Å²) in [5.74, 6) is 0.0481. The number of rotatable bonds is 7. The maximum Gasteiger partial charge on any atom is 0.246 e. The van der Waals surface area contributed by atoms with Crippen LogP contribution in [0.15, 0.2) is 29.3 Å². The van der Waals surface area contributed by atoms with Crippen LogP contribution in [0.4, 0.5) is 10.1 Å². The molecular weight excluding hydrogens is 472 g/mol. The fraction of sp³-hybridized carbons (Fsp3) is 0.600. The molecule has 2 rings (SSSR count). The number of nitrogens with one attached hydrogen (secondary N) is 3. The van der Waals surface area contributed by atoms with Crippen LogP contribution in [-0.2, 0) is 4.79 Å². The van der Waals surface area contributed by atoms with Crippen molar-refractivity contribution in [3.8, 4) is 0 Å². The van der Waals surface area contributed by atoms with Gasteiger partial charge in [-0.1, -0.05) is 6.42 Å². The third-order valence-corrected chi connectivity index (χ3v) is 4.75. The first kappa shape index (κ1) is 24.6. The van der Waals surface area contributed by atoms with Gasteiger partial charge in [0.25, 0.3) is 0 Å². The van der Waals surface area contributed by atoms with Gasteiger partial charge in [-0.25, -0.2) is 9.38 Å². The minimum atomic E-state index is -0.332. The molecular formula is C20H33FIN5O. The highest BCUT2D eigenvalue weighted by Gasteiger charge is 2.27. The summed E-state index contributed by atoms with van der Waals surface area (Å²) in [4.78, 5) is 19.0. The fourth-order valence-electron chi connectivity index (χ4n) is 3.14. The molecule has 1 fully saturated rings. The van der Waals surface area contributed by atoms with E-state index in [2.05, 4.69) is 39.7 Å². The summed E-state index contributed by atoms with van der Waals surface area (Å²) in [6.45, 7) is 10.2. The number of guanidine groups is 1. The Morgan fingerprint density at radius 2 is 1.79 bits per heavy atom. The summed E-state index contributed by atoms with van der Waals surface area (Å²) in [5.41, 5.74) is 0.577. The van der Waals surface area contributed by atoms with Crippen LogP contribution in [0.1, 0.15) is 40.0 Å². The fourth-order valence-corrected chi connectivity index (χ4v) is 3.14. The average Bonchev–Trinajstić information content (AvgIpc) is 2.66. The van der Waals surface area contributed by atoms with E-state index >= 15 is 0 Å². The lowest BCUT2D eigenvalue weighted by Gasteiger charge is -2.41. The van der Waals surface area contributed by atoms with Gasteiger partial charge < -0.3 is 16.0 Å². The number of aliphatic imine (C=N–C) groups is 1. The molecule has 1 aromatic carbocycles. The third kappa shape index (κ3) is 8.30. The van der Waals surface area contributed by atoms with Crippen LogP contribution in [0.3, 0.4) is 0 Å². The zero-order valence-corrected chi connectivity index (χ0v) is 19.4. The Hall–Kier alpha value is -1.42. The van der Waals surface area contributed by atoms with Gasteiger partial charge >= 0.3 is 0 Å². The van der Waals surface area contributed by atoms with Gasteiger partial charge in [0.05, 0.1) is 0 Å². The van der Waals surface area contributed by atoms with Crippen molar-refractivity contribution in [1.29, 1.82) is 0 Å². The normalized spacial score (nSPS) is 15.5. The van der Waals surface area contributed by atoms with E-state index in [9.17, 15) is 9.18 Å². The topological polar surface area (TPSA) is 68.8 Å². The van der Waals surface area contributed by atoms with Crippen molar-refractivity contribution >= 4 is 41.5 Å². The van der Waals surface area contributed by atoms with Gasteiger partial charge in [0, 0.05) is 24.3 Å². The number of hydrogen-bond donors (Lipinski definition) is 3. The maximum atomic E-state index is 12.9. The molecule has 0 saturated carbocycles. The molecule has 158 valence electrons. The standard InChI is InChI=1S/C20H32FN5O.HI/c1-4-22-19(24-15-20(2,3)26-12-6-5-7-13-26)23-14-18(27)25-17-10-8-16(21)9-11-17;/h8-11H,4-7,12-15H2,1-3H3,(H,25,27)(H2,22,23,24);1H. The number of anilines is 1. The zero-order valence-electron chi connectivity index (χ0n) is 17.1. The van der Waals surface area contributed by atoms with Crippen molar-refractivity contribution in [3.63, 3.8) is 0 Å². The van der Waals surface area contributed by atoms with Gasteiger partial charge in [-0.3, -0.25) is 9.69 Å². The summed E-state index contributed by atoms with van der Waals surface area (Å²) < 4.78 is 12.9. The molecule has 0 unspecified atom stereocenters. The molecule has 0 bridgehead atoms. The smallest absolute Gasteiger partial charge is 0.246 e. The highest BCUT2D eigenvalue weighted by molar-refractivity contribution is 14.0. The van der Waals surface area contributed by atoms with Gasteiger partial charge in [0.15, 0.2) is 5.96 Å². The molecule has 0 radical (unpaired) electrons. The number of nitrogens with zero attached hydrogens (tertiary/aromatic N) is 2. The predicted molar refractivity (Wildman–Crippen MR) is 124 cm³/mol. The van der Waals surface area contributed by atoms with E-state index in [0.717, 1.165) is 26.2 Å². The largest absolute Gasteiger partial charge is 0.357 e. The second-order valence-corrected chi connectivity index (χ2v) is 7.46. The molecule has 28 heavy (non-hydrogen) atoms. The summed E-state index contributed by atoms with van der Waals surface area (Å²) >= 11 is 0. The Morgan fingerprint density at radius 3 is 2.39 bits per heavy atom. The summed E-state index contributed by atoms with van der Waals surface area (Å²) in [5, 5.41) is 9.24. The lowest BCUT2D eigenvalue weighted by atomic mass is 9.98. The first-order valence-electron chi connectivity index (χ1n) is 9.73. The minimum Gasteiger partial charge on any atom is -0.357 e. The highest BCUT2D eigenvalue weighted by Crippen LogP contribution is 2.19. The molecule has 0 aromatic heterocycles. The Morgan fingerprint density at radius 1 is 1.14 bits per heavy atom. The summed E-state index contributed by atoms with van der Waals surface area (Å²) in [6, 6.07) is 5.68. The molecule has 6 nitrogen and oxygen atoms in total. The lowest BCUT2D eigenvalue weighted by Crippen LogP contribution is -2.55. The van der Waals surface area contributed by atoms with Crippen molar-refractivity contribution in [2.24, 2.45) is 4.99 Å². The first-order chi connectivity index (χ1) is 12.9. The number of likely N-dealkylation sites (tertiary alicyclic amines) is 1. The molecule has 1 aromatic rings. The minimum absolute atomic E-state index is 0. The van der Waals surface area contributed by atoms with Crippen LogP contribution in [0.2, 0.25) is 0 Å². The maximum absolute atomic E-state index is 12.9. The van der Waals surface area contributed by atoms with Crippen LogP contribution in [0.5, 0.6) is 0 Å². The van der Waals surface area contributed by atoms with Crippen molar-refractivity contribution in [2.75, 3.05) is 38.0 Å². The van der Waals surface area contributed by atoms with E-state index in [1.165, 1.54) is 43.5 Å². The van der Waals surface area contributed by atoms with Crippen LogP contribution < -0.4 is 16.0 Å². The van der Waals surface area contributed by atoms with Gasteiger partial charge in [-0.15, -0.1) is 24.0 Å². The van der Waals surface area contributed by atoms with Gasteiger partial charge in [-0.05, 0) is 71.0 Å². The van der Waals surface area contributed by atoms with Crippen LogP contribution in [0.25, 0.3) is 0 Å². The van der Waals surface area contributed by atoms with Crippen molar-refractivity contribution in [2.45, 2.75) is 45.6 Å². The molecule has 0 atom stereocenters. The lowest BCUT2D eigenvalue weighted by molar-refractivity contribution is -0.114. The number of piperidine rings is 1. The average molecular weight is 505 g/mol. The predicted octanol–water partition coefficient (Wildman–Crippen LogP) is 3.20. The number of amides is 1. The van der Waals surface area contributed by atoms with Gasteiger partial charge in [0.1, 0.15) is 12.4 Å². The number of benzene rings is 1. The van der Waals surface area contributed by atoms with Crippen molar-refractivity contribution in [1.82, 2.24) is 15.5 Å². The second-order valence-electron chi connectivity index (χ2n) is 7.46. The third-order valence-electron chi connectivity index (χ3n) is 4.75. The molecule has 1 saturated heterocycles. The number of hydrogen-bond acceptors (Lipinski definition) is 3. The molecule has 1 amide bonds. The van der Waals surface area contributed by atoms with E-state index < -0.39 is 0 Å². The van der Waals surface area contributed by atoms with E-state index in [-0.39, 0.29) is 47.8 Å². The van der Waals surface area contributed by atoms with E-state index in [0.29, 0.717) is 11.6 Å². The Kier molecular flexibility index (Phi) is 10.7. The van der Waals surface area contributed by atoms with Gasteiger partial charge in [0.2, 0.25) is 5.91 Å².